The van der Waals surface area contributed by atoms with Gasteiger partial charge in [0.2, 0.25) is 0 Å². The zero-order valence-corrected chi connectivity index (χ0v) is 30.8. The number of hydrogen-bond donors (Lipinski definition) is 0. The molecule has 262 valence electrons. The molecule has 4 aromatic carbocycles. The van der Waals surface area contributed by atoms with Crippen molar-refractivity contribution in [1.82, 2.24) is 0 Å². The molecule has 2 heterocycles. The van der Waals surface area contributed by atoms with Gasteiger partial charge in [-0.2, -0.15) is 10.5 Å². The number of ketones is 4. The van der Waals surface area contributed by atoms with E-state index in [4.69, 9.17) is 13.1 Å². The number of fused-ring (bicyclic) bond motifs is 9. The third-order valence-electron chi connectivity index (χ3n) is 11.7. The van der Waals surface area contributed by atoms with Crippen LogP contribution in [0.25, 0.3) is 53.1 Å². The summed E-state index contributed by atoms with van der Waals surface area (Å²) < 4.78 is 2.03. The van der Waals surface area contributed by atoms with Gasteiger partial charge in [0.1, 0.15) is 12.1 Å². The molecule has 1 spiro atoms. The number of nitriles is 2. The van der Waals surface area contributed by atoms with E-state index in [2.05, 4.69) is 34.0 Å². The second kappa shape index (κ2) is 12.0. The summed E-state index contributed by atoms with van der Waals surface area (Å²) in [6.07, 6.45) is 8.62. The molecule has 0 bridgehead atoms. The van der Waals surface area contributed by atoms with E-state index < -0.39 is 23.1 Å². The lowest BCUT2D eigenvalue weighted by Gasteiger charge is -2.36. The smallest absolute Gasteiger partial charge is 0.197 e. The van der Waals surface area contributed by atoms with E-state index >= 15 is 0 Å². The lowest BCUT2D eigenvalue weighted by molar-refractivity contribution is 0.0975. The molecule has 4 aliphatic rings. The van der Waals surface area contributed by atoms with Crippen LogP contribution in [0.5, 0.6) is 0 Å². The number of hydrogen-bond acceptors (Lipinski definition) is 8. The predicted octanol–water partition coefficient (Wildman–Crippen LogP) is 11.1. The second-order valence-corrected chi connectivity index (χ2v) is 16.8. The van der Waals surface area contributed by atoms with Crippen LogP contribution in [0.1, 0.15) is 106 Å². The highest BCUT2D eigenvalue weighted by atomic mass is 32.1. The van der Waals surface area contributed by atoms with E-state index in [9.17, 15) is 29.7 Å². The maximum atomic E-state index is 13.4. The van der Waals surface area contributed by atoms with Gasteiger partial charge in [-0.3, -0.25) is 28.9 Å². The van der Waals surface area contributed by atoms with Crippen molar-refractivity contribution in [1.29, 1.82) is 10.5 Å². The van der Waals surface area contributed by atoms with Crippen LogP contribution >= 0.6 is 22.7 Å². The molecule has 0 radical (unpaired) electrons. The Morgan fingerprint density at radius 2 is 0.964 bits per heavy atom. The normalized spacial score (nSPS) is 16.0. The third-order valence-corrected chi connectivity index (χ3v) is 13.8. The molecule has 56 heavy (non-hydrogen) atoms. The van der Waals surface area contributed by atoms with Crippen LogP contribution in [0, 0.1) is 35.8 Å². The van der Waals surface area contributed by atoms with E-state index in [1.165, 1.54) is 64.5 Å². The number of carbonyl (C=O) groups excluding carboxylic acids is 4. The molecule has 6 aromatic rings. The molecule has 0 N–H and O–H groups in total. The van der Waals surface area contributed by atoms with Crippen LogP contribution in [-0.4, -0.2) is 23.1 Å². The third kappa shape index (κ3) is 4.58. The largest absolute Gasteiger partial charge is 0.288 e. The molecule has 10 rings (SSSR count). The summed E-state index contributed by atoms with van der Waals surface area (Å²) in [5.41, 5.74) is 5.58. The first-order valence-corrected chi connectivity index (χ1v) is 19.5. The average molecular weight is 759 g/mol. The standard InChI is InChI=1S/C46H22N4O4S2/c1-49-38-16-32-33(17-39(38)50-2)45(54)35(44(32)53)15-27-9-23-13-37-29(19-41(23)56-27)28-18-40-22(12-36(28)46(37)6-4-3-5-7-46)8-26(55-40)14-34-42(51)30-10-24(20-47)25(21-48)11-31(30)43(34)52/h8-19H,3-7H2. The molecular formula is C46H22N4O4S2. The highest BCUT2D eigenvalue weighted by Gasteiger charge is 2.44. The quantitative estimate of drug-likeness (QED) is 0.0983. The maximum Gasteiger partial charge on any atom is 0.197 e. The topological polar surface area (TPSA) is 125 Å². The van der Waals surface area contributed by atoms with Crippen molar-refractivity contribution in [3.63, 3.8) is 0 Å². The van der Waals surface area contributed by atoms with Crippen molar-refractivity contribution in [2.75, 3.05) is 0 Å². The van der Waals surface area contributed by atoms with Gasteiger partial charge in [0.25, 0.3) is 0 Å². The first-order valence-electron chi connectivity index (χ1n) is 17.9. The summed E-state index contributed by atoms with van der Waals surface area (Å²) in [6.45, 7) is 14.8. The number of benzene rings is 4. The minimum Gasteiger partial charge on any atom is -0.288 e. The SMILES string of the molecule is [C-]#[N+]c1cc2c(cc1[N+]#[C-])C(=O)C(=Cc1cc3cc4c(cc3s1)-c1cc3sc(C=C5C(=O)c6cc(C#N)c(C#N)cc6C5=O)cc3cc1C41CCCCC1)C2=O. The number of thiophene rings is 2. The van der Waals surface area contributed by atoms with Crippen LogP contribution in [0.15, 0.2) is 71.8 Å². The summed E-state index contributed by atoms with van der Waals surface area (Å²) in [4.78, 5) is 61.9. The molecule has 1 fully saturated rings. The van der Waals surface area contributed by atoms with Crippen molar-refractivity contribution in [2.24, 2.45) is 0 Å². The Hall–Kier alpha value is -7.08. The van der Waals surface area contributed by atoms with Crippen LogP contribution in [0.2, 0.25) is 0 Å². The van der Waals surface area contributed by atoms with E-state index in [1.807, 2.05) is 24.3 Å². The minimum absolute atomic E-state index is 0.0177. The Morgan fingerprint density at radius 3 is 1.36 bits per heavy atom. The fourth-order valence-electron chi connectivity index (χ4n) is 9.06. The Bertz CT molecular complexity index is 2880. The lowest BCUT2D eigenvalue weighted by atomic mass is 9.67. The van der Waals surface area contributed by atoms with Crippen molar-refractivity contribution in [3.8, 4) is 23.3 Å². The molecule has 8 nitrogen and oxygen atoms in total. The van der Waals surface area contributed by atoms with Crippen LogP contribution in [0.3, 0.4) is 0 Å². The average Bonchev–Trinajstić information content (AvgIpc) is 3.98. The van der Waals surface area contributed by atoms with E-state index in [0.29, 0.717) is 0 Å². The number of rotatable bonds is 2. The summed E-state index contributed by atoms with van der Waals surface area (Å²) in [5, 5.41) is 21.0. The Labute approximate surface area is 327 Å². The maximum absolute atomic E-state index is 13.4. The minimum atomic E-state index is -0.453. The van der Waals surface area contributed by atoms with Crippen LogP contribution in [-0.2, 0) is 5.41 Å². The molecule has 1 saturated carbocycles. The first kappa shape index (κ1) is 33.5. The summed E-state index contributed by atoms with van der Waals surface area (Å²) in [5.74, 6) is -1.79. The fraction of sp³-hybridized carbons (Fsp3) is 0.130. The number of nitrogens with zero attached hydrogens (tertiary/aromatic N) is 4. The lowest BCUT2D eigenvalue weighted by Crippen LogP contribution is -2.28. The highest BCUT2D eigenvalue weighted by molar-refractivity contribution is 7.20. The van der Waals surface area contributed by atoms with E-state index in [-0.39, 0.29) is 61.3 Å². The van der Waals surface area contributed by atoms with Gasteiger partial charge in [-0.1, -0.05) is 31.4 Å². The molecule has 0 saturated heterocycles. The number of Topliss-reactive ketones (excluding diaryl/α,β-unsaturated/α-hetero) is 4. The Balaban J connectivity index is 1.05. The van der Waals surface area contributed by atoms with Crippen molar-refractivity contribution >= 4 is 89.5 Å². The summed E-state index contributed by atoms with van der Waals surface area (Å²) in [7, 11) is 0. The van der Waals surface area contributed by atoms with Gasteiger partial charge in [-0.15, -0.1) is 22.7 Å². The molecule has 0 amide bonds. The van der Waals surface area contributed by atoms with Crippen molar-refractivity contribution in [3.05, 3.63) is 149 Å². The van der Waals surface area contributed by atoms with Gasteiger partial charge in [0, 0.05) is 46.8 Å². The first-order chi connectivity index (χ1) is 27.2. The zero-order chi connectivity index (χ0) is 38.6. The number of carbonyl (C=O) groups is 4. The van der Waals surface area contributed by atoms with E-state index in [0.717, 1.165) is 66.7 Å². The zero-order valence-electron chi connectivity index (χ0n) is 29.2. The molecule has 4 aliphatic carbocycles. The molecule has 0 unspecified atom stereocenters. The van der Waals surface area contributed by atoms with Crippen LogP contribution < -0.4 is 0 Å². The van der Waals surface area contributed by atoms with Gasteiger partial charge in [-0.05, 0) is 107 Å². The Kier molecular flexibility index (Phi) is 7.15. The second-order valence-electron chi connectivity index (χ2n) is 14.5. The van der Waals surface area contributed by atoms with Gasteiger partial charge in [-0.25, -0.2) is 0 Å². The van der Waals surface area contributed by atoms with Crippen LogP contribution in [0.4, 0.5) is 11.4 Å². The van der Waals surface area contributed by atoms with Crippen molar-refractivity contribution in [2.45, 2.75) is 37.5 Å². The van der Waals surface area contributed by atoms with Gasteiger partial charge < -0.3 is 0 Å². The number of allylic oxidation sites excluding steroid dienone is 2. The molecule has 2 aromatic heterocycles. The van der Waals surface area contributed by atoms with Gasteiger partial charge in [0.15, 0.2) is 34.5 Å². The summed E-state index contributed by atoms with van der Waals surface area (Å²) >= 11 is 3.00. The Morgan fingerprint density at radius 1 is 0.554 bits per heavy atom. The van der Waals surface area contributed by atoms with E-state index in [1.54, 1.807) is 12.2 Å². The molecule has 0 atom stereocenters. The molecular weight excluding hydrogens is 737 g/mol. The summed E-state index contributed by atoms with van der Waals surface area (Å²) in [6, 6.07) is 22.3. The molecule has 10 heteroatoms. The predicted molar refractivity (Wildman–Crippen MR) is 215 cm³/mol. The highest BCUT2D eigenvalue weighted by Crippen LogP contribution is 2.58. The van der Waals surface area contributed by atoms with Crippen molar-refractivity contribution < 1.29 is 19.2 Å². The fourth-order valence-corrected chi connectivity index (χ4v) is 11.1. The monoisotopic (exact) mass is 758 g/mol. The molecule has 0 aliphatic heterocycles. The van der Waals surface area contributed by atoms with Gasteiger partial charge in [0.05, 0.1) is 35.4 Å². The van der Waals surface area contributed by atoms with Gasteiger partial charge >= 0.3 is 0 Å².